The monoisotopic (exact) mass is 910 g/mol. The number of aromatic nitrogens is 1. The molecule has 6 rings (SSSR count). The summed E-state index contributed by atoms with van der Waals surface area (Å²) in [5.74, 6) is 0. The molecule has 4 aromatic carbocycles. The average Bonchev–Trinajstić information content (AvgIpc) is 3.72. The number of nitrogens with zero attached hydrogens (tertiary/aromatic N) is 1. The van der Waals surface area contributed by atoms with Crippen LogP contribution < -0.4 is 10.7 Å². The Morgan fingerprint density at radius 1 is 0.909 bits per heavy atom. The SMILES string of the molecule is C=C(/C=C/C1=C(S(=O)(=O)C(F)(F)I)C(=C/C=c2\c3cccc4c(SC)ccc(c43)n2C(C)CCC)/CC1)c1cccc2c(SC)ccc(NC(C)CCC)c12. The zero-order chi connectivity index (χ0) is 39.7. The first-order valence-electron chi connectivity index (χ1n) is 18.9. The van der Waals surface area contributed by atoms with Gasteiger partial charge in [0, 0.05) is 71.7 Å². The number of hydrogen-bond donors (Lipinski definition) is 1. The molecule has 2 atom stereocenters. The van der Waals surface area contributed by atoms with Crippen molar-refractivity contribution in [3.8, 4) is 0 Å². The highest BCUT2D eigenvalue weighted by Gasteiger charge is 2.47. The molecule has 0 bridgehead atoms. The summed E-state index contributed by atoms with van der Waals surface area (Å²) >= 11 is 4.13. The number of rotatable bonds is 15. The van der Waals surface area contributed by atoms with Crippen molar-refractivity contribution in [3.63, 3.8) is 0 Å². The van der Waals surface area contributed by atoms with Crippen molar-refractivity contribution in [1.82, 2.24) is 4.57 Å². The maximum Gasteiger partial charge on any atom is 0.398 e. The molecule has 5 aromatic rings. The van der Waals surface area contributed by atoms with E-state index in [4.69, 9.17) is 0 Å². The summed E-state index contributed by atoms with van der Waals surface area (Å²) in [6.45, 7) is 13.1. The number of anilines is 1. The Labute approximate surface area is 346 Å². The third kappa shape index (κ3) is 8.07. The van der Waals surface area contributed by atoms with Gasteiger partial charge in [0.05, 0.1) is 10.4 Å². The first kappa shape index (κ1) is 41.6. The van der Waals surface area contributed by atoms with Gasteiger partial charge in [-0.1, -0.05) is 87.9 Å². The fraction of sp³-hybridized carbons (Fsp3) is 0.333. The molecule has 1 aliphatic rings. The normalized spacial score (nSPS) is 16.5. The molecule has 2 unspecified atom stereocenters. The number of thioether (sulfide) groups is 2. The van der Waals surface area contributed by atoms with Crippen molar-refractivity contribution < 1.29 is 17.2 Å². The predicted molar refractivity (Wildman–Crippen MR) is 245 cm³/mol. The fourth-order valence-electron chi connectivity index (χ4n) is 8.07. The molecule has 1 N–H and O–H groups in total. The Morgan fingerprint density at radius 3 is 2.20 bits per heavy atom. The van der Waals surface area contributed by atoms with E-state index in [1.165, 1.54) is 10.3 Å². The molecular weight excluding hydrogens is 862 g/mol. The standard InChI is InChI=1S/C45H49F2IN2O2S3/c1-8-12-29(4)49-37-23-26-40(53-6)35-16-10-14-33(42(35)37)28(3)18-19-31-20-21-32(44(31)55(51,52)45(46,47)48)22-24-38-34-15-11-17-36-41(54-7)27-25-39(43(34)36)50(38)30(5)13-9-2/h10-11,14-19,22-27,29-30,49H,3,8-9,12-13,20-21H2,1-2,4-7H3/b19-18+,32-22+,38-24+. The molecule has 0 radical (unpaired) electrons. The highest BCUT2D eigenvalue weighted by atomic mass is 127. The number of hydrogen-bond acceptors (Lipinski definition) is 5. The lowest BCUT2D eigenvalue weighted by atomic mass is 9.96. The van der Waals surface area contributed by atoms with Crippen LogP contribution in [0.1, 0.15) is 77.8 Å². The second-order valence-corrected chi connectivity index (χ2v) is 20.0. The van der Waals surface area contributed by atoms with Gasteiger partial charge in [0.1, 0.15) is 0 Å². The lowest BCUT2D eigenvalue weighted by Gasteiger charge is -2.20. The van der Waals surface area contributed by atoms with Crippen LogP contribution in [0.15, 0.2) is 111 Å². The van der Waals surface area contributed by atoms with E-state index in [0.717, 1.165) is 96.8 Å². The number of halogens is 3. The van der Waals surface area contributed by atoms with Gasteiger partial charge in [-0.3, -0.25) is 0 Å². The molecule has 0 saturated carbocycles. The Hall–Kier alpha value is -3.06. The highest BCUT2D eigenvalue weighted by Crippen LogP contribution is 2.45. The molecule has 0 spiro atoms. The number of benzene rings is 4. The smallest absolute Gasteiger partial charge is 0.382 e. The quantitative estimate of drug-likeness (QED) is 0.0491. The predicted octanol–water partition coefficient (Wildman–Crippen LogP) is 13.5. The van der Waals surface area contributed by atoms with Crippen LogP contribution in [0.5, 0.6) is 0 Å². The largest absolute Gasteiger partial charge is 0.398 e. The second kappa shape index (κ2) is 17.2. The third-order valence-electron chi connectivity index (χ3n) is 10.6. The molecule has 55 heavy (non-hydrogen) atoms. The maximum absolute atomic E-state index is 15.1. The van der Waals surface area contributed by atoms with Crippen molar-refractivity contribution in [2.45, 2.75) is 91.4 Å². The average molecular weight is 911 g/mol. The minimum Gasteiger partial charge on any atom is -0.382 e. The molecule has 1 aromatic heterocycles. The summed E-state index contributed by atoms with van der Waals surface area (Å²) in [6, 6.07) is 21.4. The van der Waals surface area contributed by atoms with Crippen LogP contribution in [0.4, 0.5) is 14.5 Å². The molecule has 0 aliphatic heterocycles. The van der Waals surface area contributed by atoms with E-state index >= 15 is 8.78 Å². The van der Waals surface area contributed by atoms with Crippen LogP contribution in [0.2, 0.25) is 0 Å². The number of sulfone groups is 1. The number of alkyl halides is 3. The van der Waals surface area contributed by atoms with Crippen molar-refractivity contribution in [2.75, 3.05) is 17.8 Å². The van der Waals surface area contributed by atoms with E-state index in [2.05, 4.69) is 105 Å². The molecule has 0 amide bonds. The first-order chi connectivity index (χ1) is 26.3. The fourth-order valence-corrected chi connectivity index (χ4v) is 11.2. The van der Waals surface area contributed by atoms with Gasteiger partial charge in [-0.25, -0.2) is 8.42 Å². The maximum atomic E-state index is 15.1. The number of nitrogens with one attached hydrogen (secondary N) is 1. The Morgan fingerprint density at radius 2 is 1.55 bits per heavy atom. The summed E-state index contributed by atoms with van der Waals surface area (Å²) in [5, 5.41) is 10.1. The first-order valence-corrected chi connectivity index (χ1v) is 23.9. The summed E-state index contributed by atoms with van der Waals surface area (Å²) in [7, 11) is -5.02. The van der Waals surface area contributed by atoms with Gasteiger partial charge in [-0.2, -0.15) is 8.78 Å². The van der Waals surface area contributed by atoms with Crippen molar-refractivity contribution >= 4 is 106 Å². The van der Waals surface area contributed by atoms with Crippen LogP contribution in [0, 0.1) is 0 Å². The van der Waals surface area contributed by atoms with Crippen LogP contribution in [-0.2, 0) is 9.84 Å². The minimum atomic E-state index is -5.02. The van der Waals surface area contributed by atoms with Gasteiger partial charge in [-0.15, -0.1) is 23.5 Å². The lowest BCUT2D eigenvalue weighted by molar-refractivity contribution is 0.217. The van der Waals surface area contributed by atoms with Crippen LogP contribution in [0.25, 0.3) is 44.1 Å². The van der Waals surface area contributed by atoms with Gasteiger partial charge < -0.3 is 9.88 Å². The van der Waals surface area contributed by atoms with E-state index < -0.39 is 13.1 Å². The highest BCUT2D eigenvalue weighted by molar-refractivity contribution is 14.1. The Bertz CT molecular complexity index is 2530. The molecule has 0 saturated heterocycles. The van der Waals surface area contributed by atoms with Crippen molar-refractivity contribution in [3.05, 3.63) is 112 Å². The minimum absolute atomic E-state index is 0.169. The molecule has 10 heteroatoms. The number of fused-ring (bicyclic) bond motifs is 1. The molecular formula is C45H49F2IN2O2S3. The van der Waals surface area contributed by atoms with E-state index in [-0.39, 0.29) is 17.0 Å². The molecule has 290 valence electrons. The summed E-state index contributed by atoms with van der Waals surface area (Å²) in [4.78, 5) is 2.03. The van der Waals surface area contributed by atoms with Gasteiger partial charge >= 0.3 is 3.26 Å². The zero-order valence-corrected chi connectivity index (χ0v) is 36.9. The molecule has 0 fully saturated rings. The topological polar surface area (TPSA) is 51.1 Å². The van der Waals surface area contributed by atoms with E-state index in [1.807, 2.05) is 18.2 Å². The van der Waals surface area contributed by atoms with Crippen LogP contribution in [-0.4, -0.2) is 34.8 Å². The van der Waals surface area contributed by atoms with Crippen LogP contribution >= 0.6 is 46.1 Å². The van der Waals surface area contributed by atoms with Crippen molar-refractivity contribution in [1.29, 1.82) is 0 Å². The second-order valence-electron chi connectivity index (χ2n) is 14.3. The summed E-state index contributed by atoms with van der Waals surface area (Å²) in [5.41, 5.74) is 4.43. The van der Waals surface area contributed by atoms with Gasteiger partial charge in [-0.05, 0) is 115 Å². The summed E-state index contributed by atoms with van der Waals surface area (Å²) in [6.07, 6.45) is 16.0. The van der Waals surface area contributed by atoms with E-state index in [0.29, 0.717) is 29.6 Å². The Kier molecular flexibility index (Phi) is 13.0. The molecule has 1 aliphatic carbocycles. The summed E-state index contributed by atoms with van der Waals surface area (Å²) < 4.78 is 55.9. The van der Waals surface area contributed by atoms with Gasteiger partial charge in [0.15, 0.2) is 0 Å². The van der Waals surface area contributed by atoms with E-state index in [1.54, 1.807) is 41.8 Å². The zero-order valence-electron chi connectivity index (χ0n) is 32.3. The molecule has 1 heterocycles. The Balaban J connectivity index is 1.50. The van der Waals surface area contributed by atoms with Gasteiger partial charge in [0.25, 0.3) is 9.84 Å². The third-order valence-corrected chi connectivity index (χ3v) is 15.6. The van der Waals surface area contributed by atoms with E-state index in [9.17, 15) is 8.42 Å². The lowest BCUT2D eigenvalue weighted by Crippen LogP contribution is -2.23. The molecule has 4 nitrogen and oxygen atoms in total. The number of allylic oxidation sites excluding steroid dienone is 6. The van der Waals surface area contributed by atoms with Crippen LogP contribution in [0.3, 0.4) is 0 Å². The van der Waals surface area contributed by atoms with Gasteiger partial charge in [0.2, 0.25) is 0 Å². The van der Waals surface area contributed by atoms with Crippen molar-refractivity contribution in [2.24, 2.45) is 0 Å².